The summed E-state index contributed by atoms with van der Waals surface area (Å²) in [7, 11) is 1.75. The van der Waals surface area contributed by atoms with Crippen LogP contribution in [0.3, 0.4) is 0 Å². The predicted octanol–water partition coefficient (Wildman–Crippen LogP) is -0.388. The lowest BCUT2D eigenvalue weighted by atomic mass is 10.1. The molecule has 2 aromatic rings. The van der Waals surface area contributed by atoms with Crippen molar-refractivity contribution in [2.75, 3.05) is 0 Å². The lowest BCUT2D eigenvalue weighted by Gasteiger charge is -2.13. The van der Waals surface area contributed by atoms with Gasteiger partial charge >= 0.3 is 0 Å². The first-order valence-corrected chi connectivity index (χ1v) is 5.87. The van der Waals surface area contributed by atoms with Crippen LogP contribution in [-0.2, 0) is 19.9 Å². The minimum atomic E-state index is 0.121. The lowest BCUT2D eigenvalue weighted by molar-refractivity contribution is 0.479. The van der Waals surface area contributed by atoms with Gasteiger partial charge in [-0.15, -0.1) is 10.2 Å². The second kappa shape index (κ2) is 6.18. The van der Waals surface area contributed by atoms with E-state index >= 15 is 0 Å². The number of nitrogens with one attached hydrogen (secondary N) is 1. The van der Waals surface area contributed by atoms with Gasteiger partial charge in [0.1, 0.15) is 0 Å². The van der Waals surface area contributed by atoms with Crippen molar-refractivity contribution in [2.24, 2.45) is 12.9 Å². The Morgan fingerprint density at radius 1 is 1.44 bits per heavy atom. The summed E-state index contributed by atoms with van der Waals surface area (Å²) in [6.45, 7) is 0. The van der Waals surface area contributed by atoms with Gasteiger partial charge in [0, 0.05) is 24.4 Å². The zero-order valence-corrected chi connectivity index (χ0v) is 10.3. The monoisotopic (exact) mass is 247 g/mol. The molecule has 1 atom stereocenters. The summed E-state index contributed by atoms with van der Waals surface area (Å²) in [6, 6.07) is 6.02. The van der Waals surface area contributed by atoms with E-state index < -0.39 is 0 Å². The first-order valence-electron chi connectivity index (χ1n) is 5.87. The van der Waals surface area contributed by atoms with Gasteiger partial charge in [0.15, 0.2) is 5.82 Å². The molecule has 7 nitrogen and oxygen atoms in total. The van der Waals surface area contributed by atoms with Crippen LogP contribution in [0.25, 0.3) is 0 Å². The number of nitrogens with zero attached hydrogens (tertiary/aromatic N) is 5. The zero-order chi connectivity index (χ0) is 12.8. The topological polar surface area (TPSA) is 94.5 Å². The quantitative estimate of drug-likeness (QED) is 0.533. The fraction of sp³-hybridized carbons (Fsp3) is 0.455. The fourth-order valence-electron chi connectivity index (χ4n) is 1.74. The summed E-state index contributed by atoms with van der Waals surface area (Å²) >= 11 is 0. The van der Waals surface area contributed by atoms with Crippen molar-refractivity contribution in [3.05, 3.63) is 35.9 Å². The Hall–Kier alpha value is -1.86. The van der Waals surface area contributed by atoms with E-state index in [0.29, 0.717) is 12.2 Å². The lowest BCUT2D eigenvalue weighted by Crippen LogP contribution is -2.37. The van der Waals surface area contributed by atoms with Gasteiger partial charge in [-0.3, -0.25) is 16.3 Å². The third-order valence-corrected chi connectivity index (χ3v) is 2.69. The van der Waals surface area contributed by atoms with Gasteiger partial charge < -0.3 is 0 Å². The summed E-state index contributed by atoms with van der Waals surface area (Å²) in [6.07, 6.45) is 4.21. The average Bonchev–Trinajstić information content (AvgIpc) is 2.81. The Morgan fingerprint density at radius 3 is 2.94 bits per heavy atom. The van der Waals surface area contributed by atoms with Gasteiger partial charge in [-0.2, -0.15) is 4.80 Å². The molecule has 0 aliphatic carbocycles. The van der Waals surface area contributed by atoms with Crippen molar-refractivity contribution in [3.8, 4) is 0 Å². The van der Waals surface area contributed by atoms with Crippen LogP contribution in [0.2, 0.25) is 0 Å². The van der Waals surface area contributed by atoms with Gasteiger partial charge in [-0.1, -0.05) is 6.07 Å². The third kappa shape index (κ3) is 3.57. The summed E-state index contributed by atoms with van der Waals surface area (Å²) in [5, 5.41) is 11.9. The highest BCUT2D eigenvalue weighted by Crippen LogP contribution is 2.04. The Morgan fingerprint density at radius 2 is 2.33 bits per heavy atom. The van der Waals surface area contributed by atoms with E-state index in [2.05, 4.69) is 25.8 Å². The minimum Gasteiger partial charge on any atom is -0.271 e. The molecular formula is C11H17N7. The summed E-state index contributed by atoms with van der Waals surface area (Å²) in [5.41, 5.74) is 3.85. The van der Waals surface area contributed by atoms with E-state index in [9.17, 15) is 0 Å². The number of pyridine rings is 1. The first-order chi connectivity index (χ1) is 8.78. The zero-order valence-electron chi connectivity index (χ0n) is 10.3. The maximum atomic E-state index is 5.54. The Kier molecular flexibility index (Phi) is 4.32. The van der Waals surface area contributed by atoms with E-state index in [0.717, 1.165) is 18.5 Å². The number of aromatic nitrogens is 5. The molecule has 0 radical (unpaired) electrons. The third-order valence-electron chi connectivity index (χ3n) is 2.69. The largest absolute Gasteiger partial charge is 0.271 e. The normalized spacial score (nSPS) is 12.6. The highest BCUT2D eigenvalue weighted by molar-refractivity contribution is 5.04. The minimum absolute atomic E-state index is 0.121. The Balaban J connectivity index is 1.86. The number of rotatable bonds is 6. The standard InChI is InChI=1S/C11H17N7/c1-18-16-11(15-17-18)8-10(14-12)6-5-9-4-2-3-7-13-9/h2-4,7,10,14H,5-6,8,12H2,1H3. The molecule has 3 N–H and O–H groups in total. The summed E-state index contributed by atoms with van der Waals surface area (Å²) < 4.78 is 0. The van der Waals surface area contributed by atoms with Crippen LogP contribution in [0.4, 0.5) is 0 Å². The maximum absolute atomic E-state index is 5.54. The van der Waals surface area contributed by atoms with Crippen molar-refractivity contribution >= 4 is 0 Å². The highest BCUT2D eigenvalue weighted by Gasteiger charge is 2.11. The molecule has 0 amide bonds. The Bertz CT molecular complexity index is 467. The fourth-order valence-corrected chi connectivity index (χ4v) is 1.74. The van der Waals surface area contributed by atoms with Gasteiger partial charge in [-0.25, -0.2) is 0 Å². The molecule has 0 aliphatic rings. The number of hydrogen-bond acceptors (Lipinski definition) is 6. The number of nitrogens with two attached hydrogens (primary N) is 1. The van der Waals surface area contributed by atoms with Crippen LogP contribution in [-0.4, -0.2) is 31.2 Å². The Labute approximate surface area is 105 Å². The molecule has 7 heteroatoms. The maximum Gasteiger partial charge on any atom is 0.176 e. The van der Waals surface area contributed by atoms with Crippen LogP contribution < -0.4 is 11.3 Å². The van der Waals surface area contributed by atoms with Crippen LogP contribution >= 0.6 is 0 Å². The molecule has 2 rings (SSSR count). The molecule has 1 unspecified atom stereocenters. The molecule has 18 heavy (non-hydrogen) atoms. The van der Waals surface area contributed by atoms with E-state index in [1.807, 2.05) is 18.2 Å². The average molecular weight is 247 g/mol. The van der Waals surface area contributed by atoms with Crippen molar-refractivity contribution in [3.63, 3.8) is 0 Å². The smallest absolute Gasteiger partial charge is 0.176 e. The van der Waals surface area contributed by atoms with E-state index in [4.69, 9.17) is 5.84 Å². The highest BCUT2D eigenvalue weighted by atomic mass is 15.6. The van der Waals surface area contributed by atoms with Crippen molar-refractivity contribution in [1.82, 2.24) is 30.6 Å². The number of hydrazine groups is 1. The molecule has 0 spiro atoms. The van der Waals surface area contributed by atoms with Crippen LogP contribution in [0.15, 0.2) is 24.4 Å². The summed E-state index contributed by atoms with van der Waals surface area (Å²) in [4.78, 5) is 5.73. The van der Waals surface area contributed by atoms with Crippen LogP contribution in [0.1, 0.15) is 17.9 Å². The molecule has 2 aromatic heterocycles. The molecule has 0 saturated carbocycles. The SMILES string of the molecule is Cn1nnc(CC(CCc2ccccn2)NN)n1. The van der Waals surface area contributed by atoms with Crippen LogP contribution in [0.5, 0.6) is 0 Å². The second-order valence-corrected chi connectivity index (χ2v) is 4.12. The van der Waals surface area contributed by atoms with Crippen molar-refractivity contribution in [2.45, 2.75) is 25.3 Å². The van der Waals surface area contributed by atoms with E-state index in [1.54, 1.807) is 13.2 Å². The molecule has 0 aliphatic heterocycles. The van der Waals surface area contributed by atoms with E-state index in [1.165, 1.54) is 4.80 Å². The number of aryl methyl sites for hydroxylation is 2. The summed E-state index contributed by atoms with van der Waals surface area (Å²) in [5.74, 6) is 6.23. The molecule has 0 fully saturated rings. The molecule has 0 bridgehead atoms. The molecule has 2 heterocycles. The van der Waals surface area contributed by atoms with Gasteiger partial charge in [0.05, 0.1) is 7.05 Å². The van der Waals surface area contributed by atoms with E-state index in [-0.39, 0.29) is 6.04 Å². The molecule has 0 saturated heterocycles. The molecular weight excluding hydrogens is 230 g/mol. The van der Waals surface area contributed by atoms with Crippen molar-refractivity contribution in [1.29, 1.82) is 0 Å². The predicted molar refractivity (Wildman–Crippen MR) is 66.2 cm³/mol. The second-order valence-electron chi connectivity index (χ2n) is 4.12. The van der Waals surface area contributed by atoms with Crippen molar-refractivity contribution < 1.29 is 0 Å². The van der Waals surface area contributed by atoms with Gasteiger partial charge in [0.25, 0.3) is 0 Å². The number of hydrogen-bond donors (Lipinski definition) is 2. The van der Waals surface area contributed by atoms with Gasteiger partial charge in [0.2, 0.25) is 0 Å². The molecule has 0 aromatic carbocycles. The first kappa shape index (κ1) is 12.6. The number of tetrazole rings is 1. The van der Waals surface area contributed by atoms with Gasteiger partial charge in [-0.05, 0) is 30.2 Å². The van der Waals surface area contributed by atoms with Crippen LogP contribution in [0, 0.1) is 0 Å². The molecule has 96 valence electrons.